The van der Waals surface area contributed by atoms with Gasteiger partial charge in [0.05, 0.1) is 5.02 Å². The number of nitrogens with one attached hydrogen (secondary N) is 1. The molecular formula is C26H23Cl2NO. The van der Waals surface area contributed by atoms with Crippen LogP contribution < -0.4 is 10.1 Å². The number of benzene rings is 4. The van der Waals surface area contributed by atoms with Crippen molar-refractivity contribution in [3.63, 3.8) is 0 Å². The predicted molar refractivity (Wildman–Crippen MR) is 128 cm³/mol. The molecule has 0 atom stereocenters. The van der Waals surface area contributed by atoms with Crippen LogP contribution in [0, 0.1) is 13.8 Å². The lowest BCUT2D eigenvalue weighted by molar-refractivity contribution is 0.305. The molecule has 4 aromatic rings. The van der Waals surface area contributed by atoms with Crippen LogP contribution in [0.25, 0.3) is 10.8 Å². The molecular weight excluding hydrogens is 413 g/mol. The van der Waals surface area contributed by atoms with Gasteiger partial charge in [-0.3, -0.25) is 0 Å². The van der Waals surface area contributed by atoms with Crippen molar-refractivity contribution in [2.45, 2.75) is 27.0 Å². The summed E-state index contributed by atoms with van der Waals surface area (Å²) in [5.41, 5.74) is 5.60. The number of rotatable bonds is 6. The third-order valence-electron chi connectivity index (χ3n) is 5.41. The second-order valence-electron chi connectivity index (χ2n) is 7.40. The molecule has 0 fully saturated rings. The zero-order valence-electron chi connectivity index (χ0n) is 17.0. The minimum Gasteiger partial charge on any atom is -0.487 e. The molecule has 2 nitrogen and oxygen atoms in total. The number of aryl methyl sites for hydroxylation is 1. The maximum Gasteiger partial charge on any atom is 0.143 e. The molecule has 0 unspecified atom stereocenters. The van der Waals surface area contributed by atoms with E-state index in [0.717, 1.165) is 16.8 Å². The first-order valence-corrected chi connectivity index (χ1v) is 10.7. The minimum absolute atomic E-state index is 0.430. The fourth-order valence-electron chi connectivity index (χ4n) is 3.61. The minimum atomic E-state index is 0.430. The second-order valence-corrected chi connectivity index (χ2v) is 8.25. The van der Waals surface area contributed by atoms with Crippen LogP contribution in [0.4, 0.5) is 5.69 Å². The van der Waals surface area contributed by atoms with Crippen molar-refractivity contribution >= 4 is 39.7 Å². The molecule has 4 rings (SSSR count). The van der Waals surface area contributed by atoms with Gasteiger partial charge in [-0.25, -0.2) is 0 Å². The van der Waals surface area contributed by atoms with Crippen LogP contribution in [-0.4, -0.2) is 0 Å². The van der Waals surface area contributed by atoms with E-state index >= 15 is 0 Å². The molecule has 0 saturated heterocycles. The van der Waals surface area contributed by atoms with Crippen molar-refractivity contribution in [3.05, 3.63) is 105 Å². The van der Waals surface area contributed by atoms with Crippen molar-refractivity contribution in [2.24, 2.45) is 0 Å². The molecule has 0 heterocycles. The quantitative estimate of drug-likeness (QED) is 0.331. The van der Waals surface area contributed by atoms with E-state index in [1.54, 1.807) is 6.07 Å². The third-order valence-corrected chi connectivity index (χ3v) is 5.91. The Balaban J connectivity index is 1.59. The fraction of sp³-hybridized carbons (Fsp3) is 0.154. The second kappa shape index (κ2) is 8.99. The van der Waals surface area contributed by atoms with Gasteiger partial charge < -0.3 is 10.1 Å². The molecule has 30 heavy (non-hydrogen) atoms. The van der Waals surface area contributed by atoms with Crippen molar-refractivity contribution in [3.8, 4) is 5.75 Å². The Hall–Kier alpha value is -2.68. The lowest BCUT2D eigenvalue weighted by Gasteiger charge is -2.17. The normalized spacial score (nSPS) is 10.9. The van der Waals surface area contributed by atoms with Crippen LogP contribution in [0.2, 0.25) is 10.0 Å². The lowest BCUT2D eigenvalue weighted by Crippen LogP contribution is -2.06. The molecule has 0 amide bonds. The lowest BCUT2D eigenvalue weighted by atomic mass is 10.1. The molecule has 0 aromatic heterocycles. The van der Waals surface area contributed by atoms with Crippen LogP contribution in [-0.2, 0) is 13.2 Å². The van der Waals surface area contributed by atoms with Gasteiger partial charge in [0, 0.05) is 22.8 Å². The topological polar surface area (TPSA) is 21.3 Å². The molecule has 0 radical (unpaired) electrons. The molecule has 4 heteroatoms. The Kier molecular flexibility index (Phi) is 6.17. The van der Waals surface area contributed by atoms with Crippen LogP contribution >= 0.6 is 23.2 Å². The highest BCUT2D eigenvalue weighted by atomic mass is 35.5. The standard InChI is InChI=1S/C26H23Cl2NO/c1-17-7-5-12-25(18(17)2)29-15-21-13-22(27)14-24(28)26(21)30-16-20-10-6-9-19-8-3-4-11-23(19)20/h3-14,29H,15-16H2,1-2H3. The molecule has 0 saturated carbocycles. The van der Waals surface area contributed by atoms with E-state index in [2.05, 4.69) is 55.6 Å². The van der Waals surface area contributed by atoms with Gasteiger partial charge in [-0.05, 0) is 59.5 Å². The summed E-state index contributed by atoms with van der Waals surface area (Å²) in [6, 6.07) is 24.4. The Morgan fingerprint density at radius 1 is 0.833 bits per heavy atom. The SMILES string of the molecule is Cc1cccc(NCc2cc(Cl)cc(Cl)c2OCc2cccc3ccccc23)c1C. The summed E-state index contributed by atoms with van der Waals surface area (Å²) < 4.78 is 6.23. The van der Waals surface area contributed by atoms with E-state index in [1.807, 2.05) is 30.3 Å². The van der Waals surface area contributed by atoms with Crippen molar-refractivity contribution in [1.82, 2.24) is 0 Å². The van der Waals surface area contributed by atoms with Crippen molar-refractivity contribution in [2.75, 3.05) is 5.32 Å². The van der Waals surface area contributed by atoms with Gasteiger partial charge in [0.1, 0.15) is 12.4 Å². The van der Waals surface area contributed by atoms with Crippen LogP contribution in [0.1, 0.15) is 22.3 Å². The largest absolute Gasteiger partial charge is 0.487 e. The third kappa shape index (κ3) is 4.40. The van der Waals surface area contributed by atoms with Crippen LogP contribution in [0.5, 0.6) is 5.75 Å². The van der Waals surface area contributed by atoms with Gasteiger partial charge in [0.15, 0.2) is 0 Å². The maximum atomic E-state index is 6.52. The first-order valence-electron chi connectivity index (χ1n) is 9.90. The molecule has 0 aliphatic heterocycles. The highest BCUT2D eigenvalue weighted by Crippen LogP contribution is 2.34. The van der Waals surface area contributed by atoms with E-state index in [4.69, 9.17) is 27.9 Å². The fourth-order valence-corrected chi connectivity index (χ4v) is 4.20. The van der Waals surface area contributed by atoms with Gasteiger partial charge in [-0.15, -0.1) is 0 Å². The average Bonchev–Trinajstić information content (AvgIpc) is 2.74. The predicted octanol–water partition coefficient (Wildman–Crippen LogP) is 7.95. The first-order chi connectivity index (χ1) is 14.5. The molecule has 152 valence electrons. The zero-order chi connectivity index (χ0) is 21.1. The number of anilines is 1. The van der Waals surface area contributed by atoms with Gasteiger partial charge in [0.25, 0.3) is 0 Å². The Morgan fingerprint density at radius 3 is 2.47 bits per heavy atom. The van der Waals surface area contributed by atoms with Gasteiger partial charge >= 0.3 is 0 Å². The van der Waals surface area contributed by atoms with Crippen molar-refractivity contribution in [1.29, 1.82) is 0 Å². The Morgan fingerprint density at radius 2 is 1.60 bits per heavy atom. The van der Waals surface area contributed by atoms with E-state index in [1.165, 1.54) is 21.9 Å². The van der Waals surface area contributed by atoms with Crippen molar-refractivity contribution < 1.29 is 4.74 Å². The monoisotopic (exact) mass is 435 g/mol. The van der Waals surface area contributed by atoms with E-state index in [9.17, 15) is 0 Å². The van der Waals surface area contributed by atoms with E-state index in [-0.39, 0.29) is 0 Å². The van der Waals surface area contributed by atoms with Gasteiger partial charge in [-0.1, -0.05) is 77.8 Å². The summed E-state index contributed by atoms with van der Waals surface area (Å²) in [7, 11) is 0. The highest BCUT2D eigenvalue weighted by molar-refractivity contribution is 6.35. The molecule has 1 N–H and O–H groups in total. The molecule has 0 spiro atoms. The van der Waals surface area contributed by atoms with Crippen LogP contribution in [0.15, 0.2) is 72.8 Å². The summed E-state index contributed by atoms with van der Waals surface area (Å²) >= 11 is 12.8. The van der Waals surface area contributed by atoms with E-state index < -0.39 is 0 Å². The smallest absolute Gasteiger partial charge is 0.143 e. The summed E-state index contributed by atoms with van der Waals surface area (Å²) in [5, 5.41) is 6.98. The summed E-state index contributed by atoms with van der Waals surface area (Å²) in [6.45, 7) is 5.21. The molecule has 4 aromatic carbocycles. The average molecular weight is 436 g/mol. The highest BCUT2D eigenvalue weighted by Gasteiger charge is 2.13. The molecule has 0 aliphatic carbocycles. The number of hydrogen-bond donors (Lipinski definition) is 1. The number of ether oxygens (including phenoxy) is 1. The Labute approximate surface area is 187 Å². The van der Waals surface area contributed by atoms with Crippen LogP contribution in [0.3, 0.4) is 0 Å². The number of hydrogen-bond acceptors (Lipinski definition) is 2. The zero-order valence-corrected chi connectivity index (χ0v) is 18.5. The molecule has 0 bridgehead atoms. The Bertz CT molecular complexity index is 1200. The number of fused-ring (bicyclic) bond motifs is 1. The van der Waals surface area contributed by atoms with Gasteiger partial charge in [-0.2, -0.15) is 0 Å². The summed E-state index contributed by atoms with van der Waals surface area (Å²) in [4.78, 5) is 0. The summed E-state index contributed by atoms with van der Waals surface area (Å²) in [6.07, 6.45) is 0. The summed E-state index contributed by atoms with van der Waals surface area (Å²) in [5.74, 6) is 0.659. The number of halogens is 2. The van der Waals surface area contributed by atoms with E-state index in [0.29, 0.717) is 28.9 Å². The van der Waals surface area contributed by atoms with Gasteiger partial charge in [0.2, 0.25) is 0 Å². The maximum absolute atomic E-state index is 6.52. The first kappa shape index (κ1) is 20.6. The molecule has 0 aliphatic rings.